The van der Waals surface area contributed by atoms with E-state index in [1.54, 1.807) is 142 Å². The normalized spacial score (nSPS) is 18.8. The van der Waals surface area contributed by atoms with Crippen LogP contribution in [0.4, 0.5) is 32.3 Å². The van der Waals surface area contributed by atoms with E-state index in [9.17, 15) is 70.7 Å². The van der Waals surface area contributed by atoms with Gasteiger partial charge >= 0.3 is 30.3 Å². The Bertz CT molecular complexity index is 8180. The highest BCUT2D eigenvalue weighted by Gasteiger charge is 2.55. The van der Waals surface area contributed by atoms with Gasteiger partial charge in [0.15, 0.2) is 27.8 Å². The molecule has 4 fully saturated rings. The monoisotopic (exact) mass is 1990 g/mol. The van der Waals surface area contributed by atoms with Gasteiger partial charge in [-0.2, -0.15) is 28.5 Å². The fourth-order valence-corrected chi connectivity index (χ4v) is 19.9. The molecule has 0 bridgehead atoms. The van der Waals surface area contributed by atoms with Gasteiger partial charge in [0.2, 0.25) is 0 Å². The molecule has 0 unspecified atom stereocenters. The van der Waals surface area contributed by atoms with Gasteiger partial charge in [-0.25, -0.2) is 28.7 Å². The SMILES string of the molecule is COc1ccc2c(c1)C(=O)N(C[C@@]1(c3ccc(-c4ccc5cnn(C)c5c4)cc3)NC(=O)NC1=O)C2.COc1ccc2c(c1)C(=O)N(C[C@@]1(c3ccc(-c4ccc5nc(C(F)(F)F)cn5c4)cc3)NC(=O)NC1=O)C2.COc1ccc2c(c1)C(=O)N(C[C@@]1(c3ccc(-c4cnn5ccccc45)cc3)NC(=O)NC1=O)C2.Cn1cc(-c2ccc([C@]3(CN4Cc5ccc(OCc6ccccc6)cc5C4=O)NC(=O)NC3=O)cc2)cn1. The number of fused-ring (bicyclic) bond motifs is 7. The van der Waals surface area contributed by atoms with Crippen molar-refractivity contribution >= 4 is 93.4 Å². The minimum absolute atomic E-state index is 0.000722. The van der Waals surface area contributed by atoms with E-state index in [1.165, 1.54) is 28.7 Å². The number of rotatable bonds is 22. The number of aromatic nitrogens is 8. The Morgan fingerprint density at radius 2 is 0.743 bits per heavy atom. The van der Waals surface area contributed by atoms with Gasteiger partial charge in [-0.3, -0.25) is 69.0 Å². The lowest BCUT2D eigenvalue weighted by molar-refractivity contribution is -0.141. The van der Waals surface area contributed by atoms with Gasteiger partial charge in [0, 0.05) is 104 Å². The number of imide groups is 4. The number of nitrogens with zero attached hydrogens (tertiary/aromatic N) is 12. The summed E-state index contributed by atoms with van der Waals surface area (Å²) in [4.78, 5) is 164. The minimum atomic E-state index is -4.56. The van der Waals surface area contributed by atoms with Crippen molar-refractivity contribution in [2.75, 3.05) is 47.5 Å². The average Bonchev–Trinajstić information content (AvgIpc) is 1.60. The number of methoxy groups -OCH3 is 3. The average molecular weight is 1990 g/mol. The molecule has 14 heterocycles. The Morgan fingerprint density at radius 3 is 1.15 bits per heavy atom. The molecule has 39 heteroatoms. The first-order valence-corrected chi connectivity index (χ1v) is 46.7. The molecule has 6 aromatic heterocycles. The number of hydrogen-bond acceptors (Lipinski definition) is 20. The first-order valence-electron chi connectivity index (χ1n) is 46.7. The number of halogens is 3. The van der Waals surface area contributed by atoms with E-state index >= 15 is 0 Å². The molecule has 24 rings (SSSR count). The van der Waals surface area contributed by atoms with Gasteiger partial charge in [0.05, 0.1) is 77.1 Å². The van der Waals surface area contributed by atoms with E-state index in [-0.39, 0.29) is 62.0 Å². The Kier molecular flexibility index (Phi) is 24.2. The van der Waals surface area contributed by atoms with Crippen molar-refractivity contribution in [1.29, 1.82) is 0 Å². The number of aryl methyl sites for hydroxylation is 2. The number of nitrogens with one attached hydrogen (secondary N) is 8. The van der Waals surface area contributed by atoms with Crippen molar-refractivity contribution in [3.05, 3.63) is 370 Å². The van der Waals surface area contributed by atoms with E-state index in [1.807, 2.05) is 183 Å². The van der Waals surface area contributed by atoms with Gasteiger partial charge in [-0.05, 0) is 162 Å². The molecule has 742 valence electrons. The zero-order valence-electron chi connectivity index (χ0n) is 79.6. The van der Waals surface area contributed by atoms with Crippen molar-refractivity contribution < 1.29 is 89.7 Å². The highest BCUT2D eigenvalue weighted by Crippen LogP contribution is 2.42. The quantitative estimate of drug-likeness (QED) is 0.0292. The van der Waals surface area contributed by atoms with Crippen LogP contribution in [-0.2, 0) is 94.4 Å². The summed E-state index contributed by atoms with van der Waals surface area (Å²) in [7, 11) is 8.33. The van der Waals surface area contributed by atoms with Crippen LogP contribution in [0.15, 0.2) is 292 Å². The number of imidazole rings is 1. The molecule has 4 atom stereocenters. The van der Waals surface area contributed by atoms with Crippen LogP contribution in [0, 0.1) is 0 Å². The molecule has 4 saturated heterocycles. The largest absolute Gasteiger partial charge is 0.497 e. The summed E-state index contributed by atoms with van der Waals surface area (Å²) in [6.45, 7) is 1.53. The van der Waals surface area contributed by atoms with E-state index in [2.05, 4.69) is 68.9 Å². The van der Waals surface area contributed by atoms with Crippen molar-refractivity contribution in [3.63, 3.8) is 0 Å². The van der Waals surface area contributed by atoms with Crippen molar-refractivity contribution in [3.8, 4) is 67.5 Å². The summed E-state index contributed by atoms with van der Waals surface area (Å²) in [6.07, 6.45) is 7.03. The lowest BCUT2D eigenvalue weighted by Crippen LogP contribution is -2.52. The second-order valence-corrected chi connectivity index (χ2v) is 36.7. The van der Waals surface area contributed by atoms with Crippen LogP contribution in [0.1, 0.15) is 97.2 Å². The van der Waals surface area contributed by atoms with Gasteiger partial charge < -0.3 is 64.2 Å². The third-order valence-corrected chi connectivity index (χ3v) is 27.7. The predicted molar refractivity (Wildman–Crippen MR) is 530 cm³/mol. The Hall–Kier alpha value is -19.1. The molecule has 10 aromatic carbocycles. The molecule has 148 heavy (non-hydrogen) atoms. The minimum Gasteiger partial charge on any atom is -0.497 e. The van der Waals surface area contributed by atoms with Crippen molar-refractivity contribution in [2.45, 2.75) is 61.1 Å². The van der Waals surface area contributed by atoms with E-state index < -0.39 is 81.8 Å². The molecular formula is C109H89F3N20O16. The first kappa shape index (κ1) is 95.1. The number of hydrogen-bond donors (Lipinski definition) is 8. The maximum Gasteiger partial charge on any atom is 0.434 e. The molecule has 0 radical (unpaired) electrons. The standard InChI is InChI=1S/C29H25N5O4.C27H20F3N5O4.C27H23N5O4.C26H21N5O4/c1-33-15-22(14-30-33)20-7-10-23(11-8-20)29(27(36)31-28(37)32-29)18-34-16-21-9-12-24(13-25(21)26(34)35)38-17-19-5-3-2-4-6-19;1-39-19-8-4-17-12-35(23(36)20(17)10-19)14-26(24(37)32-25(38)33-26)18-6-2-15(3-7-18)16-5-9-22-31-21(27(28,29)30)13-34(22)11-16;1-31-23-11-17(3-4-18(23)13-28-31)16-5-8-20(9-6-16)27(25(34)29-26(35)30-27)15-32-14-19-7-10-21(36-2)12-22(19)24(32)33;1-35-19-10-7-17-14-30(23(32)20(17)12-19)15-26(24(33)28-25(34)29-26)18-8-5-16(6-9-18)21-13-27-31-11-3-2-4-22(21)31/h2-15H,16-18H2,1H3,(H2,31,32,36,37);2-11,13H,12,14H2,1H3,(H2,32,33,37,38);3-13H,14-15H2,1-2H3,(H2,29,30,34,35);2-13H,14-15H2,1H3,(H2,28,29,33,34)/t29-;26-;27-;26-/m0000/s1. The second-order valence-electron chi connectivity index (χ2n) is 36.7. The Balaban J connectivity index is 0.000000116. The van der Waals surface area contributed by atoms with Crippen LogP contribution in [-0.4, -0.2) is 177 Å². The van der Waals surface area contributed by atoms with E-state index in [0.29, 0.717) is 105 Å². The van der Waals surface area contributed by atoms with Crippen LogP contribution < -0.4 is 61.5 Å². The van der Waals surface area contributed by atoms with Gasteiger partial charge in [-0.1, -0.05) is 170 Å². The zero-order valence-corrected chi connectivity index (χ0v) is 79.6. The number of urea groups is 4. The molecule has 36 nitrogen and oxygen atoms in total. The summed E-state index contributed by atoms with van der Waals surface area (Å²) in [5.41, 5.74) is 11.0. The Labute approximate surface area is 839 Å². The van der Waals surface area contributed by atoms with Gasteiger partial charge in [0.25, 0.3) is 47.3 Å². The highest BCUT2D eigenvalue weighted by atomic mass is 19.4. The number of pyridine rings is 2. The summed E-state index contributed by atoms with van der Waals surface area (Å²) in [6, 6.07) is 72.7. The fraction of sp³-hybridized carbons (Fsp3) is 0.174. The predicted octanol–water partition coefficient (Wildman–Crippen LogP) is 12.7. The molecule has 0 spiro atoms. The lowest BCUT2D eigenvalue weighted by Gasteiger charge is -2.31. The lowest BCUT2D eigenvalue weighted by atomic mass is 9.88. The molecule has 8 N–H and O–H groups in total. The van der Waals surface area contributed by atoms with Gasteiger partial charge in [-0.15, -0.1) is 0 Å². The molecule has 16 aromatic rings. The fourth-order valence-electron chi connectivity index (χ4n) is 19.9. The van der Waals surface area contributed by atoms with Crippen LogP contribution in [0.5, 0.6) is 23.0 Å². The van der Waals surface area contributed by atoms with Crippen molar-refractivity contribution in [2.24, 2.45) is 14.1 Å². The highest BCUT2D eigenvalue weighted by molar-refractivity contribution is 6.12. The van der Waals surface area contributed by atoms with Crippen LogP contribution in [0.3, 0.4) is 0 Å². The summed E-state index contributed by atoms with van der Waals surface area (Å²) in [5, 5.41) is 34.3. The third kappa shape index (κ3) is 17.6. The number of carbonyl (C=O) groups excluding carboxylic acids is 12. The molecule has 0 aliphatic carbocycles. The van der Waals surface area contributed by atoms with Crippen LogP contribution in [0.2, 0.25) is 0 Å². The molecule has 8 aliphatic heterocycles. The van der Waals surface area contributed by atoms with Crippen LogP contribution in [0.25, 0.3) is 66.6 Å². The van der Waals surface area contributed by atoms with Crippen molar-refractivity contribution in [1.82, 2.24) is 101 Å². The number of alkyl halides is 3. The first-order chi connectivity index (χ1) is 71.3. The maximum atomic E-state index is 13.4. The van der Waals surface area contributed by atoms with E-state index in [0.717, 1.165) is 83.8 Å². The number of amides is 16. The zero-order chi connectivity index (χ0) is 103. The number of ether oxygens (including phenoxy) is 4. The van der Waals surface area contributed by atoms with E-state index in [4.69, 9.17) is 18.9 Å². The van der Waals surface area contributed by atoms with Crippen LogP contribution >= 0.6 is 0 Å². The molecule has 16 amide bonds. The molecule has 0 saturated carbocycles. The second kappa shape index (κ2) is 37.6. The number of carbonyl (C=O) groups is 12. The molecular weight excluding hydrogens is 1900 g/mol. The summed E-state index contributed by atoms with van der Waals surface area (Å²) < 4.78 is 67.4. The maximum absolute atomic E-state index is 13.4. The topological polar surface area (TPSA) is 421 Å². The summed E-state index contributed by atoms with van der Waals surface area (Å²) in [5.74, 6) is -0.701. The summed E-state index contributed by atoms with van der Waals surface area (Å²) >= 11 is 0. The number of benzene rings is 10. The van der Waals surface area contributed by atoms with Gasteiger partial charge in [0.1, 0.15) is 35.3 Å². The third-order valence-electron chi connectivity index (χ3n) is 27.7. The smallest absolute Gasteiger partial charge is 0.434 e. The molecule has 8 aliphatic rings. The Morgan fingerprint density at radius 1 is 0.351 bits per heavy atom.